The molecule has 146 valence electrons. The average Bonchev–Trinajstić information content (AvgIpc) is 2.67. The first-order chi connectivity index (χ1) is 13.5. The van der Waals surface area contributed by atoms with Gasteiger partial charge in [-0.3, -0.25) is 0 Å². The maximum absolute atomic E-state index is 12.9. The third-order valence-corrected chi connectivity index (χ3v) is 4.68. The summed E-state index contributed by atoms with van der Waals surface area (Å²) in [5, 5.41) is 6.07. The van der Waals surface area contributed by atoms with E-state index in [0.29, 0.717) is 27.6 Å². The fraction of sp³-hybridized carbons (Fsp3) is 0.200. The van der Waals surface area contributed by atoms with Gasteiger partial charge in [-0.05, 0) is 24.6 Å². The fourth-order valence-corrected chi connectivity index (χ4v) is 3.66. The van der Waals surface area contributed by atoms with Gasteiger partial charge in [-0.2, -0.15) is 0 Å². The number of carbonyl (C=O) groups is 2. The number of nitrogens with one attached hydrogen (secondary N) is 2. The Kier molecular flexibility index (Phi) is 6.11. The molecule has 0 saturated heterocycles. The number of carbonyl (C=O) groups excluding carboxylic acids is 2. The molecule has 0 radical (unpaired) electrons. The van der Waals surface area contributed by atoms with Crippen molar-refractivity contribution in [1.82, 2.24) is 10.6 Å². The summed E-state index contributed by atoms with van der Waals surface area (Å²) >= 11 is 12.4. The summed E-state index contributed by atoms with van der Waals surface area (Å²) in [7, 11) is 1.45. The highest BCUT2D eigenvalue weighted by atomic mass is 35.5. The minimum atomic E-state index is -0.867. The normalized spacial score (nSPS) is 16.3. The zero-order valence-electron chi connectivity index (χ0n) is 15.2. The number of rotatable bonds is 5. The largest absolute Gasteiger partial charge is 0.495 e. The van der Waals surface area contributed by atoms with Crippen molar-refractivity contribution in [2.75, 3.05) is 13.7 Å². The molecule has 0 saturated carbocycles. The number of halogens is 2. The van der Waals surface area contributed by atoms with Gasteiger partial charge >= 0.3 is 12.0 Å². The van der Waals surface area contributed by atoms with Crippen LogP contribution in [-0.4, -0.2) is 25.7 Å². The molecule has 2 aromatic carbocycles. The Bertz CT molecular complexity index is 945. The predicted octanol–water partition coefficient (Wildman–Crippen LogP) is 4.33. The molecule has 2 N–H and O–H groups in total. The molecule has 2 aromatic rings. The van der Waals surface area contributed by atoms with E-state index in [4.69, 9.17) is 32.7 Å². The lowest BCUT2D eigenvalue weighted by Crippen LogP contribution is -2.45. The van der Waals surface area contributed by atoms with Crippen LogP contribution in [0.4, 0.5) is 4.79 Å². The quantitative estimate of drug-likeness (QED) is 0.705. The number of esters is 1. The van der Waals surface area contributed by atoms with Crippen molar-refractivity contribution in [3.8, 4) is 5.75 Å². The summed E-state index contributed by atoms with van der Waals surface area (Å²) in [6.07, 6.45) is 0. The predicted molar refractivity (Wildman–Crippen MR) is 107 cm³/mol. The molecule has 0 fully saturated rings. The number of ether oxygens (including phenoxy) is 2. The average molecular weight is 421 g/mol. The number of hydrogen-bond donors (Lipinski definition) is 2. The first-order valence-electron chi connectivity index (χ1n) is 8.53. The van der Waals surface area contributed by atoms with Gasteiger partial charge in [0.2, 0.25) is 0 Å². The highest BCUT2D eigenvalue weighted by Crippen LogP contribution is 2.41. The van der Waals surface area contributed by atoms with Crippen LogP contribution >= 0.6 is 23.2 Å². The van der Waals surface area contributed by atoms with Crippen molar-refractivity contribution in [3.05, 3.63) is 69.2 Å². The van der Waals surface area contributed by atoms with Gasteiger partial charge in [-0.15, -0.1) is 0 Å². The van der Waals surface area contributed by atoms with E-state index in [1.807, 2.05) is 18.2 Å². The van der Waals surface area contributed by atoms with Crippen LogP contribution in [0, 0.1) is 0 Å². The first-order valence-corrected chi connectivity index (χ1v) is 9.29. The molecule has 3 rings (SSSR count). The molecule has 0 aliphatic carbocycles. The van der Waals surface area contributed by atoms with Crippen molar-refractivity contribution in [3.63, 3.8) is 0 Å². The van der Waals surface area contributed by atoms with Gasteiger partial charge in [0, 0.05) is 10.6 Å². The molecular formula is C20H18Cl2N2O4. The Morgan fingerprint density at radius 2 is 1.89 bits per heavy atom. The second-order valence-corrected chi connectivity index (χ2v) is 6.76. The Morgan fingerprint density at radius 3 is 2.54 bits per heavy atom. The van der Waals surface area contributed by atoms with E-state index in [0.717, 1.165) is 0 Å². The van der Waals surface area contributed by atoms with Crippen molar-refractivity contribution in [2.45, 2.75) is 13.0 Å². The smallest absolute Gasteiger partial charge is 0.338 e. The number of amides is 2. The topological polar surface area (TPSA) is 76.7 Å². The summed E-state index contributed by atoms with van der Waals surface area (Å²) in [6, 6.07) is 10.8. The third-order valence-electron chi connectivity index (χ3n) is 4.18. The molecule has 1 aliphatic heterocycles. The molecule has 0 aromatic heterocycles. The Balaban J connectivity index is 2.27. The van der Waals surface area contributed by atoms with Gasteiger partial charge in [0.25, 0.3) is 0 Å². The zero-order valence-corrected chi connectivity index (χ0v) is 16.7. The fourth-order valence-electron chi connectivity index (χ4n) is 3.07. The van der Waals surface area contributed by atoms with E-state index >= 15 is 0 Å². The molecule has 0 bridgehead atoms. The third kappa shape index (κ3) is 3.93. The van der Waals surface area contributed by atoms with E-state index in [1.54, 1.807) is 25.1 Å². The van der Waals surface area contributed by atoms with Gasteiger partial charge in [-0.25, -0.2) is 9.59 Å². The zero-order chi connectivity index (χ0) is 20.3. The Labute approximate surface area is 172 Å². The van der Waals surface area contributed by atoms with Crippen LogP contribution in [0.2, 0.25) is 10.0 Å². The number of urea groups is 1. The van der Waals surface area contributed by atoms with E-state index in [2.05, 4.69) is 10.6 Å². The number of methoxy groups -OCH3 is 1. The molecule has 28 heavy (non-hydrogen) atoms. The monoisotopic (exact) mass is 420 g/mol. The SMILES string of the molecule is CCOC(=O)C1=C(c2ccccc2)NC(=O)N[C@@H]1c1cc(Cl)cc(Cl)c1OC. The van der Waals surface area contributed by atoms with Crippen LogP contribution in [0.1, 0.15) is 24.1 Å². The lowest BCUT2D eigenvalue weighted by atomic mass is 9.92. The van der Waals surface area contributed by atoms with Gasteiger partial charge < -0.3 is 20.1 Å². The molecule has 6 nitrogen and oxygen atoms in total. The van der Waals surface area contributed by atoms with Crippen LogP contribution in [0.3, 0.4) is 0 Å². The van der Waals surface area contributed by atoms with Crippen molar-refractivity contribution < 1.29 is 19.1 Å². The molecule has 1 atom stereocenters. The molecule has 1 heterocycles. The summed E-state index contributed by atoms with van der Waals surface area (Å²) in [4.78, 5) is 25.3. The van der Waals surface area contributed by atoms with E-state index in [1.165, 1.54) is 13.2 Å². The van der Waals surface area contributed by atoms with Crippen LogP contribution in [0.25, 0.3) is 5.70 Å². The second kappa shape index (κ2) is 8.54. The van der Waals surface area contributed by atoms with Gasteiger partial charge in [0.1, 0.15) is 5.75 Å². The molecule has 1 aliphatic rings. The van der Waals surface area contributed by atoms with Crippen LogP contribution in [0.15, 0.2) is 48.0 Å². The highest BCUT2D eigenvalue weighted by Gasteiger charge is 2.36. The highest BCUT2D eigenvalue weighted by molar-refractivity contribution is 6.35. The van der Waals surface area contributed by atoms with Gasteiger partial charge in [-0.1, -0.05) is 53.5 Å². The maximum Gasteiger partial charge on any atom is 0.338 e. The lowest BCUT2D eigenvalue weighted by Gasteiger charge is -2.30. The van der Waals surface area contributed by atoms with E-state index in [-0.39, 0.29) is 17.2 Å². The maximum atomic E-state index is 12.9. The van der Waals surface area contributed by atoms with Crippen molar-refractivity contribution in [2.24, 2.45) is 0 Å². The van der Waals surface area contributed by atoms with Gasteiger partial charge in [0.15, 0.2) is 0 Å². The van der Waals surface area contributed by atoms with Crippen LogP contribution < -0.4 is 15.4 Å². The summed E-state index contributed by atoms with van der Waals surface area (Å²) in [5.41, 5.74) is 1.69. The summed E-state index contributed by atoms with van der Waals surface area (Å²) in [6.45, 7) is 1.89. The minimum Gasteiger partial charge on any atom is -0.495 e. The number of hydrogen-bond acceptors (Lipinski definition) is 4. The lowest BCUT2D eigenvalue weighted by molar-refractivity contribution is -0.138. The van der Waals surface area contributed by atoms with Gasteiger partial charge in [0.05, 0.1) is 36.1 Å². The van der Waals surface area contributed by atoms with Crippen molar-refractivity contribution >= 4 is 40.9 Å². The van der Waals surface area contributed by atoms with Crippen LogP contribution in [-0.2, 0) is 9.53 Å². The molecule has 2 amide bonds. The number of benzene rings is 2. The van der Waals surface area contributed by atoms with Crippen molar-refractivity contribution in [1.29, 1.82) is 0 Å². The molecule has 0 unspecified atom stereocenters. The molecular weight excluding hydrogens is 403 g/mol. The standard InChI is InChI=1S/C20H18Cl2N2O4/c1-3-28-19(25)15-16(11-7-5-4-6-8-11)23-20(26)24-17(15)13-9-12(21)10-14(22)18(13)27-2/h4-10,17H,3H2,1-2H3,(H2,23,24,26)/t17-/m1/s1. The minimum absolute atomic E-state index is 0.179. The molecule has 8 heteroatoms. The Morgan fingerprint density at radius 1 is 1.18 bits per heavy atom. The summed E-state index contributed by atoms with van der Waals surface area (Å²) in [5.74, 6) is -0.260. The van der Waals surface area contributed by atoms with Crippen LogP contribution in [0.5, 0.6) is 5.75 Å². The molecule has 0 spiro atoms. The first kappa shape index (κ1) is 20.0. The second-order valence-electron chi connectivity index (χ2n) is 5.92. The van der Waals surface area contributed by atoms with E-state index < -0.39 is 18.0 Å². The summed E-state index contributed by atoms with van der Waals surface area (Å²) < 4.78 is 10.7. The van der Waals surface area contributed by atoms with E-state index in [9.17, 15) is 9.59 Å². The Hall–Kier alpha value is -2.70.